The van der Waals surface area contributed by atoms with Crippen molar-refractivity contribution in [2.45, 2.75) is 307 Å². The number of aliphatic hydroxyl groups excluding tert-OH is 5. The van der Waals surface area contributed by atoms with Crippen LogP contribution in [0.25, 0.3) is 0 Å². The van der Waals surface area contributed by atoms with E-state index in [0.717, 1.165) is 38.5 Å². The number of carbonyl (C=O) groups excluding carboxylic acids is 1. The highest BCUT2D eigenvalue weighted by atomic mass is 16.7. The number of carbonyl (C=O) groups is 1. The predicted molar refractivity (Wildman–Crippen MR) is 258 cm³/mol. The van der Waals surface area contributed by atoms with E-state index in [0.29, 0.717) is 12.8 Å². The van der Waals surface area contributed by atoms with Crippen molar-refractivity contribution in [2.75, 3.05) is 13.2 Å². The first-order valence-corrected chi connectivity index (χ1v) is 26.9. The minimum absolute atomic E-state index is 0.134. The Morgan fingerprint density at radius 2 is 0.903 bits per heavy atom. The molecule has 368 valence electrons. The Kier molecular flexibility index (Phi) is 41.6. The molecular formula is C53H103NO8. The van der Waals surface area contributed by atoms with Crippen molar-refractivity contribution in [3.05, 3.63) is 12.2 Å². The molecule has 1 saturated heterocycles. The summed E-state index contributed by atoms with van der Waals surface area (Å²) in [5, 5.41) is 54.6. The number of hydrogen-bond acceptors (Lipinski definition) is 8. The molecule has 1 aliphatic rings. The second-order valence-corrected chi connectivity index (χ2v) is 19.0. The summed E-state index contributed by atoms with van der Waals surface area (Å²) in [6, 6.07) is -0.716. The predicted octanol–water partition coefficient (Wildman–Crippen LogP) is 12.5. The van der Waals surface area contributed by atoms with Crippen LogP contribution in [-0.4, -0.2) is 87.5 Å². The molecule has 0 aromatic rings. The van der Waals surface area contributed by atoms with Gasteiger partial charge in [-0.05, 0) is 38.5 Å². The molecular weight excluding hydrogens is 779 g/mol. The fourth-order valence-electron chi connectivity index (χ4n) is 8.80. The minimum Gasteiger partial charge on any atom is -0.394 e. The zero-order valence-corrected chi connectivity index (χ0v) is 40.6. The van der Waals surface area contributed by atoms with E-state index in [-0.39, 0.29) is 12.5 Å². The normalized spacial score (nSPS) is 20.3. The smallest absolute Gasteiger partial charge is 0.220 e. The van der Waals surface area contributed by atoms with E-state index in [9.17, 15) is 30.3 Å². The molecule has 9 nitrogen and oxygen atoms in total. The molecule has 0 radical (unpaired) electrons. The van der Waals surface area contributed by atoms with Crippen LogP contribution < -0.4 is 5.32 Å². The van der Waals surface area contributed by atoms with Gasteiger partial charge in [0.2, 0.25) is 5.91 Å². The quantitative estimate of drug-likeness (QED) is 0.0261. The van der Waals surface area contributed by atoms with Gasteiger partial charge in [-0.1, -0.05) is 231 Å². The van der Waals surface area contributed by atoms with E-state index < -0.39 is 49.5 Å². The van der Waals surface area contributed by atoms with E-state index >= 15 is 0 Å². The Labute approximate surface area is 382 Å². The molecule has 6 N–H and O–H groups in total. The Hall–Kier alpha value is -1.07. The molecule has 1 rings (SSSR count). The summed E-state index contributed by atoms with van der Waals surface area (Å²) in [7, 11) is 0. The van der Waals surface area contributed by atoms with Gasteiger partial charge in [-0.3, -0.25) is 4.79 Å². The zero-order valence-electron chi connectivity index (χ0n) is 40.6. The summed E-state index contributed by atoms with van der Waals surface area (Å²) in [4.78, 5) is 13.0. The van der Waals surface area contributed by atoms with E-state index in [1.165, 1.54) is 199 Å². The van der Waals surface area contributed by atoms with E-state index in [1.54, 1.807) is 0 Å². The van der Waals surface area contributed by atoms with Crippen LogP contribution in [0.4, 0.5) is 0 Å². The summed E-state index contributed by atoms with van der Waals surface area (Å²) in [6.07, 6.45) is 45.1. The van der Waals surface area contributed by atoms with Crippen LogP contribution in [0.2, 0.25) is 0 Å². The van der Waals surface area contributed by atoms with Crippen LogP contribution in [0, 0.1) is 0 Å². The van der Waals surface area contributed by atoms with Gasteiger partial charge in [0.15, 0.2) is 6.29 Å². The molecule has 1 amide bonds. The average molecular weight is 882 g/mol. The molecule has 62 heavy (non-hydrogen) atoms. The van der Waals surface area contributed by atoms with Crippen molar-refractivity contribution >= 4 is 5.91 Å². The van der Waals surface area contributed by atoms with E-state index in [1.807, 2.05) is 0 Å². The van der Waals surface area contributed by atoms with Crippen LogP contribution in [0.1, 0.15) is 264 Å². The van der Waals surface area contributed by atoms with E-state index in [2.05, 4.69) is 31.3 Å². The lowest BCUT2D eigenvalue weighted by Gasteiger charge is -2.40. The van der Waals surface area contributed by atoms with Gasteiger partial charge in [0, 0.05) is 6.42 Å². The van der Waals surface area contributed by atoms with Crippen molar-refractivity contribution in [3.8, 4) is 0 Å². The molecule has 7 atom stereocenters. The molecule has 0 aromatic carbocycles. The number of hydrogen-bond donors (Lipinski definition) is 6. The van der Waals surface area contributed by atoms with Gasteiger partial charge in [-0.25, -0.2) is 0 Å². The molecule has 9 heteroatoms. The Morgan fingerprint density at radius 1 is 0.532 bits per heavy atom. The van der Waals surface area contributed by atoms with Gasteiger partial charge >= 0.3 is 0 Å². The second kappa shape index (κ2) is 43.8. The number of allylic oxidation sites excluding steroid dienone is 2. The molecule has 0 saturated carbocycles. The monoisotopic (exact) mass is 882 g/mol. The summed E-state index contributed by atoms with van der Waals surface area (Å²) in [5.41, 5.74) is 0. The molecule has 1 fully saturated rings. The van der Waals surface area contributed by atoms with Gasteiger partial charge in [-0.15, -0.1) is 0 Å². The number of amides is 1. The number of nitrogens with one attached hydrogen (secondary N) is 1. The summed E-state index contributed by atoms with van der Waals surface area (Å²) in [6.45, 7) is 3.86. The van der Waals surface area contributed by atoms with Crippen molar-refractivity contribution in [2.24, 2.45) is 0 Å². The van der Waals surface area contributed by atoms with Gasteiger partial charge in [-0.2, -0.15) is 0 Å². The molecule has 0 aliphatic carbocycles. The molecule has 0 aromatic heterocycles. The Bertz CT molecular complexity index is 981. The third kappa shape index (κ3) is 33.4. The van der Waals surface area contributed by atoms with Crippen LogP contribution in [0.3, 0.4) is 0 Å². The summed E-state index contributed by atoms with van der Waals surface area (Å²) in [5.74, 6) is -0.141. The number of aliphatic hydroxyl groups is 5. The summed E-state index contributed by atoms with van der Waals surface area (Å²) >= 11 is 0. The minimum atomic E-state index is -1.55. The third-order valence-corrected chi connectivity index (χ3v) is 13.1. The van der Waals surface area contributed by atoms with Crippen molar-refractivity contribution in [1.29, 1.82) is 0 Å². The first-order chi connectivity index (χ1) is 30.3. The van der Waals surface area contributed by atoms with Crippen molar-refractivity contribution in [3.63, 3.8) is 0 Å². The average Bonchev–Trinajstić information content (AvgIpc) is 3.27. The first-order valence-electron chi connectivity index (χ1n) is 26.9. The SMILES string of the molecule is CCCCCCCCCC/C=C\CCCCCCCCCCCCCC(=O)NC(COC1OC(CO)C(O)C(O)C1O)C(O)CCCCCCCCCCCCCCCCCC. The standard InChI is InChI=1S/C53H103NO8/c1-3-5-7-9-11-13-15-17-19-21-22-23-24-25-26-27-29-31-33-35-37-39-41-43-49(57)54-46(45-61-53-52(60)51(59)50(58)48(44-55)62-53)47(56)42-40-38-36-34-32-30-28-20-18-16-14-12-10-8-6-4-2/h21-22,46-48,50-53,55-56,58-60H,3-20,23-45H2,1-2H3,(H,54,57)/b22-21-. The molecule has 7 unspecified atom stereocenters. The Balaban J connectivity index is 2.22. The fraction of sp³-hybridized carbons (Fsp3) is 0.943. The highest BCUT2D eigenvalue weighted by molar-refractivity contribution is 5.76. The van der Waals surface area contributed by atoms with Gasteiger partial charge in [0.1, 0.15) is 24.4 Å². The molecule has 0 spiro atoms. The number of unbranched alkanes of at least 4 members (excludes halogenated alkanes) is 34. The largest absolute Gasteiger partial charge is 0.394 e. The van der Waals surface area contributed by atoms with Gasteiger partial charge in [0.05, 0.1) is 25.4 Å². The lowest BCUT2D eigenvalue weighted by molar-refractivity contribution is -0.302. The topological polar surface area (TPSA) is 149 Å². The van der Waals surface area contributed by atoms with Gasteiger partial charge in [0.25, 0.3) is 0 Å². The highest BCUT2D eigenvalue weighted by Gasteiger charge is 2.44. The third-order valence-electron chi connectivity index (χ3n) is 13.1. The van der Waals surface area contributed by atoms with Crippen molar-refractivity contribution in [1.82, 2.24) is 5.32 Å². The summed E-state index contributed by atoms with van der Waals surface area (Å²) < 4.78 is 11.3. The first kappa shape index (κ1) is 58.9. The van der Waals surface area contributed by atoms with Crippen LogP contribution in [0.15, 0.2) is 12.2 Å². The Morgan fingerprint density at radius 3 is 1.31 bits per heavy atom. The maximum atomic E-state index is 13.0. The maximum absolute atomic E-state index is 13.0. The van der Waals surface area contributed by atoms with Crippen LogP contribution in [0.5, 0.6) is 0 Å². The zero-order chi connectivity index (χ0) is 45.1. The fourth-order valence-corrected chi connectivity index (χ4v) is 8.80. The highest BCUT2D eigenvalue weighted by Crippen LogP contribution is 2.23. The van der Waals surface area contributed by atoms with E-state index in [4.69, 9.17) is 9.47 Å². The lowest BCUT2D eigenvalue weighted by Crippen LogP contribution is -2.60. The van der Waals surface area contributed by atoms with Crippen molar-refractivity contribution < 1.29 is 39.8 Å². The van der Waals surface area contributed by atoms with Gasteiger partial charge < -0.3 is 40.3 Å². The van der Waals surface area contributed by atoms with Crippen LogP contribution in [-0.2, 0) is 14.3 Å². The molecule has 1 aliphatic heterocycles. The lowest BCUT2D eigenvalue weighted by atomic mass is 9.99. The van der Waals surface area contributed by atoms with Crippen LogP contribution >= 0.6 is 0 Å². The molecule has 1 heterocycles. The number of ether oxygens (including phenoxy) is 2. The molecule has 0 bridgehead atoms. The second-order valence-electron chi connectivity index (χ2n) is 19.0. The number of rotatable bonds is 46. The maximum Gasteiger partial charge on any atom is 0.220 e.